The summed E-state index contributed by atoms with van der Waals surface area (Å²) in [7, 11) is 0. The van der Waals surface area contributed by atoms with E-state index in [0.29, 0.717) is 0 Å². The second kappa shape index (κ2) is 3.43. The molecule has 1 saturated carbocycles. The maximum absolute atomic E-state index is 10.2. The molecular formula is C11H16OS. The van der Waals surface area contributed by atoms with E-state index in [0.717, 1.165) is 19.3 Å². The summed E-state index contributed by atoms with van der Waals surface area (Å²) >= 11 is 1.78. The second-order valence-electron chi connectivity index (χ2n) is 4.17. The Labute approximate surface area is 83.4 Å². The lowest BCUT2D eigenvalue weighted by atomic mass is 9.94. The van der Waals surface area contributed by atoms with E-state index < -0.39 is 0 Å². The van der Waals surface area contributed by atoms with Crippen LogP contribution in [0.25, 0.3) is 0 Å². The normalized spacial score (nSPS) is 20.8. The van der Waals surface area contributed by atoms with E-state index in [1.165, 1.54) is 23.3 Å². The fourth-order valence-electron chi connectivity index (χ4n) is 2.18. The molecule has 1 fully saturated rings. The van der Waals surface area contributed by atoms with Gasteiger partial charge in [0.1, 0.15) is 0 Å². The Bertz CT molecular complexity index is 284. The van der Waals surface area contributed by atoms with Gasteiger partial charge in [-0.05, 0) is 36.8 Å². The second-order valence-corrected chi connectivity index (χ2v) is 5.29. The van der Waals surface area contributed by atoms with Crippen LogP contribution in [0.3, 0.4) is 0 Å². The van der Waals surface area contributed by atoms with Crippen molar-refractivity contribution < 1.29 is 5.11 Å². The van der Waals surface area contributed by atoms with Crippen molar-refractivity contribution in [3.63, 3.8) is 0 Å². The van der Waals surface area contributed by atoms with Gasteiger partial charge < -0.3 is 5.11 Å². The smallest absolute Gasteiger partial charge is 0.0688 e. The Balaban J connectivity index is 2.04. The highest BCUT2D eigenvalue weighted by molar-refractivity contribution is 7.10. The molecule has 1 aromatic rings. The third-order valence-corrected chi connectivity index (χ3v) is 3.76. The molecule has 0 aliphatic heterocycles. The fraction of sp³-hybridized carbons (Fsp3) is 0.636. The van der Waals surface area contributed by atoms with Gasteiger partial charge in [0.2, 0.25) is 0 Å². The van der Waals surface area contributed by atoms with Crippen LogP contribution >= 0.6 is 11.3 Å². The van der Waals surface area contributed by atoms with Crippen molar-refractivity contribution in [3.05, 3.63) is 21.9 Å². The molecule has 0 amide bonds. The Morgan fingerprint density at radius 3 is 2.69 bits per heavy atom. The van der Waals surface area contributed by atoms with Gasteiger partial charge in [-0.15, -0.1) is 11.3 Å². The lowest BCUT2D eigenvalue weighted by molar-refractivity contribution is 0.0483. The zero-order chi connectivity index (χ0) is 9.31. The van der Waals surface area contributed by atoms with E-state index >= 15 is 0 Å². The van der Waals surface area contributed by atoms with Gasteiger partial charge in [-0.25, -0.2) is 0 Å². The zero-order valence-electron chi connectivity index (χ0n) is 8.05. The van der Waals surface area contributed by atoms with Gasteiger partial charge in [0.25, 0.3) is 0 Å². The molecule has 1 nitrogen and oxygen atoms in total. The molecule has 1 aliphatic carbocycles. The first-order chi connectivity index (χ1) is 6.18. The molecule has 1 heterocycles. The number of thiophene rings is 1. The maximum atomic E-state index is 10.2. The third-order valence-electron chi connectivity index (χ3n) is 2.85. The first kappa shape index (κ1) is 9.22. The SMILES string of the molecule is Cc1cc(CC2(O)CCCC2)cs1. The molecule has 2 heteroatoms. The van der Waals surface area contributed by atoms with Crippen molar-refractivity contribution in [2.45, 2.75) is 44.6 Å². The van der Waals surface area contributed by atoms with E-state index in [9.17, 15) is 5.11 Å². The van der Waals surface area contributed by atoms with E-state index in [1.807, 2.05) is 0 Å². The predicted molar refractivity (Wildman–Crippen MR) is 56.2 cm³/mol. The Hall–Kier alpha value is -0.340. The quantitative estimate of drug-likeness (QED) is 0.771. The van der Waals surface area contributed by atoms with Crippen LogP contribution in [0, 0.1) is 6.92 Å². The fourth-order valence-corrected chi connectivity index (χ4v) is 2.89. The summed E-state index contributed by atoms with van der Waals surface area (Å²) in [6.45, 7) is 2.12. The first-order valence-electron chi connectivity index (χ1n) is 4.94. The van der Waals surface area contributed by atoms with Crippen LogP contribution in [0.2, 0.25) is 0 Å². The van der Waals surface area contributed by atoms with E-state index in [2.05, 4.69) is 18.4 Å². The van der Waals surface area contributed by atoms with Crippen molar-refractivity contribution in [2.24, 2.45) is 0 Å². The highest BCUT2D eigenvalue weighted by atomic mass is 32.1. The van der Waals surface area contributed by atoms with Gasteiger partial charge in [0, 0.05) is 11.3 Å². The third kappa shape index (κ3) is 2.12. The van der Waals surface area contributed by atoms with E-state index in [-0.39, 0.29) is 5.60 Å². The minimum absolute atomic E-state index is 0.381. The largest absolute Gasteiger partial charge is 0.390 e. The van der Waals surface area contributed by atoms with Crippen molar-refractivity contribution in [1.82, 2.24) is 0 Å². The number of rotatable bonds is 2. The minimum atomic E-state index is -0.381. The van der Waals surface area contributed by atoms with Crippen LogP contribution in [-0.2, 0) is 6.42 Å². The number of aliphatic hydroxyl groups is 1. The molecule has 0 bridgehead atoms. The predicted octanol–water partition coefficient (Wildman–Crippen LogP) is 2.90. The summed E-state index contributed by atoms with van der Waals surface area (Å²) in [5.74, 6) is 0. The zero-order valence-corrected chi connectivity index (χ0v) is 8.86. The average molecular weight is 196 g/mol. The molecule has 1 aliphatic rings. The number of hydrogen-bond acceptors (Lipinski definition) is 2. The lowest BCUT2D eigenvalue weighted by Gasteiger charge is -2.20. The van der Waals surface area contributed by atoms with Crippen molar-refractivity contribution in [3.8, 4) is 0 Å². The summed E-state index contributed by atoms with van der Waals surface area (Å²) in [6, 6.07) is 2.20. The molecule has 0 unspecified atom stereocenters. The van der Waals surface area contributed by atoms with Gasteiger partial charge >= 0.3 is 0 Å². The van der Waals surface area contributed by atoms with Crippen LogP contribution in [0.15, 0.2) is 11.4 Å². The van der Waals surface area contributed by atoms with Crippen LogP contribution in [0.5, 0.6) is 0 Å². The molecule has 0 aromatic carbocycles. The molecule has 1 aromatic heterocycles. The van der Waals surface area contributed by atoms with Crippen LogP contribution in [-0.4, -0.2) is 10.7 Å². The van der Waals surface area contributed by atoms with Gasteiger partial charge in [-0.3, -0.25) is 0 Å². The first-order valence-corrected chi connectivity index (χ1v) is 5.82. The average Bonchev–Trinajstić information content (AvgIpc) is 2.62. The summed E-state index contributed by atoms with van der Waals surface area (Å²) < 4.78 is 0. The van der Waals surface area contributed by atoms with Crippen molar-refractivity contribution in [1.29, 1.82) is 0 Å². The summed E-state index contributed by atoms with van der Waals surface area (Å²) in [5, 5.41) is 12.3. The van der Waals surface area contributed by atoms with Crippen LogP contribution in [0.4, 0.5) is 0 Å². The molecular weight excluding hydrogens is 180 g/mol. The highest BCUT2D eigenvalue weighted by Crippen LogP contribution is 2.33. The van der Waals surface area contributed by atoms with Crippen LogP contribution < -0.4 is 0 Å². The topological polar surface area (TPSA) is 20.2 Å². The lowest BCUT2D eigenvalue weighted by Crippen LogP contribution is -2.26. The number of hydrogen-bond donors (Lipinski definition) is 1. The molecule has 0 radical (unpaired) electrons. The van der Waals surface area contributed by atoms with Crippen LogP contribution in [0.1, 0.15) is 36.1 Å². The van der Waals surface area contributed by atoms with Crippen molar-refractivity contribution in [2.75, 3.05) is 0 Å². The summed E-state index contributed by atoms with van der Waals surface area (Å²) in [6.07, 6.45) is 5.22. The Kier molecular flexibility index (Phi) is 2.43. The molecule has 0 spiro atoms. The van der Waals surface area contributed by atoms with E-state index in [1.54, 1.807) is 11.3 Å². The molecule has 13 heavy (non-hydrogen) atoms. The summed E-state index contributed by atoms with van der Waals surface area (Å²) in [4.78, 5) is 1.34. The van der Waals surface area contributed by atoms with Gasteiger partial charge in [0.05, 0.1) is 5.60 Å². The van der Waals surface area contributed by atoms with Gasteiger partial charge in [0.15, 0.2) is 0 Å². The molecule has 0 saturated heterocycles. The van der Waals surface area contributed by atoms with Gasteiger partial charge in [-0.1, -0.05) is 12.8 Å². The standard InChI is InChI=1S/C11H16OS/c1-9-6-10(8-13-9)7-11(12)4-2-3-5-11/h6,8,12H,2-5,7H2,1H3. The molecule has 72 valence electrons. The minimum Gasteiger partial charge on any atom is -0.390 e. The summed E-state index contributed by atoms with van der Waals surface area (Å²) in [5.41, 5.74) is 0.931. The van der Waals surface area contributed by atoms with E-state index in [4.69, 9.17) is 0 Å². The Morgan fingerprint density at radius 2 is 2.15 bits per heavy atom. The van der Waals surface area contributed by atoms with Gasteiger partial charge in [-0.2, -0.15) is 0 Å². The molecule has 0 atom stereocenters. The Morgan fingerprint density at radius 1 is 1.46 bits per heavy atom. The highest BCUT2D eigenvalue weighted by Gasteiger charge is 2.31. The monoisotopic (exact) mass is 196 g/mol. The maximum Gasteiger partial charge on any atom is 0.0688 e. The number of aryl methyl sites for hydroxylation is 1. The van der Waals surface area contributed by atoms with Crippen molar-refractivity contribution >= 4 is 11.3 Å². The molecule has 2 rings (SSSR count). The molecule has 1 N–H and O–H groups in total.